The highest BCUT2D eigenvalue weighted by molar-refractivity contribution is 7.08. The Bertz CT molecular complexity index is 183. The Kier molecular flexibility index (Phi) is 1.17. The van der Waals surface area contributed by atoms with E-state index >= 15 is 0 Å². The Balaban J connectivity index is 2.93. The Labute approximate surface area is 48.3 Å². The normalized spacial score (nSPS) is 9.00. The second kappa shape index (κ2) is 1.83. The highest BCUT2D eigenvalue weighted by Crippen LogP contribution is 2.07. The minimum Gasteiger partial charge on any atom is -0.357 e. The monoisotopic (exact) mass is 130 g/mol. The molecule has 0 fully saturated rings. The lowest BCUT2D eigenvalue weighted by molar-refractivity contribution is -0.384. The molecule has 0 aliphatic carbocycles. The van der Waals surface area contributed by atoms with E-state index in [4.69, 9.17) is 0 Å². The van der Waals surface area contributed by atoms with Gasteiger partial charge in [-0.2, -0.15) is 0 Å². The van der Waals surface area contributed by atoms with Crippen molar-refractivity contribution >= 4 is 16.7 Å². The summed E-state index contributed by atoms with van der Waals surface area (Å²) in [7, 11) is 0. The van der Waals surface area contributed by atoms with Crippen molar-refractivity contribution in [2.75, 3.05) is 0 Å². The highest BCUT2D eigenvalue weighted by Gasteiger charge is 2.07. The summed E-state index contributed by atoms with van der Waals surface area (Å²) in [5, 5.41) is 9.54. The van der Waals surface area contributed by atoms with E-state index in [0.29, 0.717) is 11.5 Å². The van der Waals surface area contributed by atoms with Crippen LogP contribution in [0.25, 0.3) is 0 Å². The minimum atomic E-state index is -0.603. The first-order valence-corrected chi connectivity index (χ1v) is 2.42. The van der Waals surface area contributed by atoms with Gasteiger partial charge in [-0.25, -0.2) is 0 Å². The zero-order valence-electron chi connectivity index (χ0n) is 3.57. The third-order valence-electron chi connectivity index (χ3n) is 0.470. The summed E-state index contributed by atoms with van der Waals surface area (Å²) >= 11 is 0.715. The smallest absolute Gasteiger partial charge is 0.357 e. The van der Waals surface area contributed by atoms with Gasteiger partial charge in [0.15, 0.2) is 0 Å². The zero-order chi connectivity index (χ0) is 5.98. The lowest BCUT2D eigenvalue weighted by atomic mass is 11.2. The molecule has 0 saturated heterocycles. The van der Waals surface area contributed by atoms with Crippen molar-refractivity contribution in [1.29, 1.82) is 0 Å². The summed E-state index contributed by atoms with van der Waals surface area (Å²) in [6, 6.07) is 0. The molecule has 0 N–H and O–H groups in total. The molecule has 1 aromatic rings. The van der Waals surface area contributed by atoms with Gasteiger partial charge in [0.05, 0.1) is 11.5 Å². The van der Waals surface area contributed by atoms with Gasteiger partial charge in [-0.15, -0.1) is 4.37 Å². The van der Waals surface area contributed by atoms with Crippen LogP contribution in [0, 0.1) is 16.4 Å². The molecule has 1 radical (unpaired) electrons. The summed E-state index contributed by atoms with van der Waals surface area (Å²) in [6.45, 7) is 0. The van der Waals surface area contributed by atoms with E-state index in [1.165, 1.54) is 0 Å². The third-order valence-corrected chi connectivity index (χ3v) is 1.05. The largest absolute Gasteiger partial charge is 0.443 e. The number of hydrogen-bond donors (Lipinski definition) is 0. The van der Waals surface area contributed by atoms with Gasteiger partial charge in [0, 0.05) is 4.98 Å². The molecule has 0 atom stereocenters. The fraction of sp³-hybridized carbons (Fsp3) is 0. The molecule has 0 aliphatic heterocycles. The minimum absolute atomic E-state index is 0.218. The molecule has 1 rings (SSSR count). The van der Waals surface area contributed by atoms with E-state index < -0.39 is 4.92 Å². The number of hydrogen-bond acceptors (Lipinski definition) is 5. The molecule has 5 nitrogen and oxygen atoms in total. The average Bonchev–Trinajstić information content (AvgIpc) is 2.12. The Morgan fingerprint density at radius 2 is 2.62 bits per heavy atom. The molecule has 8 heavy (non-hydrogen) atoms. The maximum atomic E-state index is 9.76. The van der Waals surface area contributed by atoms with Gasteiger partial charge in [-0.3, -0.25) is 0 Å². The molecule has 0 unspecified atom stereocenters. The maximum Gasteiger partial charge on any atom is 0.443 e. The van der Waals surface area contributed by atoms with Crippen LogP contribution < -0.4 is 0 Å². The molecule has 0 bridgehead atoms. The third kappa shape index (κ3) is 0.784. The van der Waals surface area contributed by atoms with E-state index in [9.17, 15) is 10.1 Å². The second-order valence-electron chi connectivity index (χ2n) is 0.934. The van der Waals surface area contributed by atoms with Gasteiger partial charge in [0.25, 0.3) is 0 Å². The molecule has 0 saturated carbocycles. The molecule has 0 amide bonds. The van der Waals surface area contributed by atoms with E-state index in [-0.39, 0.29) is 5.13 Å². The first-order valence-electron chi connectivity index (χ1n) is 1.65. The summed E-state index contributed by atoms with van der Waals surface area (Å²) in [5.74, 6) is 0. The van der Waals surface area contributed by atoms with Gasteiger partial charge >= 0.3 is 11.5 Å². The van der Waals surface area contributed by atoms with Crippen LogP contribution in [-0.4, -0.2) is 14.3 Å². The van der Waals surface area contributed by atoms with Crippen molar-refractivity contribution in [3.63, 3.8) is 0 Å². The van der Waals surface area contributed by atoms with Gasteiger partial charge in [-0.05, 0) is 4.92 Å². The molecule has 1 heterocycles. The van der Waals surface area contributed by atoms with Crippen LogP contribution in [0.2, 0.25) is 0 Å². The van der Waals surface area contributed by atoms with Crippen LogP contribution in [0.1, 0.15) is 0 Å². The average molecular weight is 130 g/mol. The fourth-order valence-electron chi connectivity index (χ4n) is 0.219. The van der Waals surface area contributed by atoms with Crippen molar-refractivity contribution in [2.24, 2.45) is 0 Å². The fourth-order valence-corrected chi connectivity index (χ4v) is 0.531. The first-order chi connectivity index (χ1) is 3.80. The van der Waals surface area contributed by atoms with E-state index in [1.807, 2.05) is 0 Å². The molecule has 0 aliphatic rings. The molecule has 1 aromatic heterocycles. The summed E-state index contributed by atoms with van der Waals surface area (Å²) in [5.41, 5.74) is 0. The quantitative estimate of drug-likeness (QED) is 0.403. The lowest BCUT2D eigenvalue weighted by Gasteiger charge is -1.79. The number of aromatic nitrogens is 2. The maximum absolute atomic E-state index is 9.76. The molecule has 0 spiro atoms. The number of rotatable bonds is 1. The second-order valence-corrected chi connectivity index (χ2v) is 1.66. The van der Waals surface area contributed by atoms with Crippen molar-refractivity contribution in [3.05, 3.63) is 16.4 Å². The highest BCUT2D eigenvalue weighted by atomic mass is 32.1. The van der Waals surface area contributed by atoms with E-state index in [1.54, 1.807) is 0 Å². The van der Waals surface area contributed by atoms with Gasteiger partial charge in [0.2, 0.25) is 0 Å². The van der Waals surface area contributed by atoms with E-state index in [2.05, 4.69) is 15.7 Å². The van der Waals surface area contributed by atoms with Crippen molar-refractivity contribution in [1.82, 2.24) is 9.36 Å². The Hall–Kier alpha value is -1.04. The molecular weight excluding hydrogens is 130 g/mol. The van der Waals surface area contributed by atoms with Crippen LogP contribution in [0.15, 0.2) is 0 Å². The summed E-state index contributed by atoms with van der Waals surface area (Å²) in [4.78, 5) is 12.4. The van der Waals surface area contributed by atoms with Gasteiger partial charge in [0.1, 0.15) is 0 Å². The SMILES string of the molecule is O=[N+]([O-])c1n[c]ns1. The number of nitrogens with zero attached hydrogens (tertiary/aromatic N) is 3. The van der Waals surface area contributed by atoms with Crippen molar-refractivity contribution < 1.29 is 4.92 Å². The van der Waals surface area contributed by atoms with Crippen LogP contribution in [0.3, 0.4) is 0 Å². The summed E-state index contributed by atoms with van der Waals surface area (Å²) < 4.78 is 3.31. The molecule has 6 heteroatoms. The van der Waals surface area contributed by atoms with Crippen molar-refractivity contribution in [2.45, 2.75) is 0 Å². The molecular formula is C2N3O2S. The first kappa shape index (κ1) is 5.10. The Morgan fingerprint density at radius 3 is 2.88 bits per heavy atom. The zero-order valence-corrected chi connectivity index (χ0v) is 4.38. The van der Waals surface area contributed by atoms with Crippen LogP contribution >= 0.6 is 11.5 Å². The lowest BCUT2D eigenvalue weighted by Crippen LogP contribution is -1.83. The predicted molar refractivity (Wildman–Crippen MR) is 25.4 cm³/mol. The summed E-state index contributed by atoms with van der Waals surface area (Å²) in [6.07, 6.45) is 2.09. The number of nitro groups is 1. The van der Waals surface area contributed by atoms with Crippen LogP contribution in [0.4, 0.5) is 5.13 Å². The predicted octanol–water partition coefficient (Wildman–Crippen LogP) is 0.246. The molecule has 41 valence electrons. The van der Waals surface area contributed by atoms with Crippen LogP contribution in [-0.2, 0) is 0 Å². The Morgan fingerprint density at radius 1 is 1.88 bits per heavy atom. The van der Waals surface area contributed by atoms with E-state index in [0.717, 1.165) is 0 Å². The van der Waals surface area contributed by atoms with Gasteiger partial charge < -0.3 is 10.1 Å². The van der Waals surface area contributed by atoms with Crippen molar-refractivity contribution in [3.8, 4) is 0 Å². The van der Waals surface area contributed by atoms with Crippen LogP contribution in [0.5, 0.6) is 0 Å². The standard InChI is InChI=1S/C2N3O2S/c6-5(7)2-3-1-4-8-2. The van der Waals surface area contributed by atoms with Gasteiger partial charge in [-0.1, -0.05) is 0 Å². The molecule has 0 aromatic carbocycles. The topological polar surface area (TPSA) is 68.9 Å².